The highest BCUT2D eigenvalue weighted by molar-refractivity contribution is 9.08. The molecule has 0 saturated carbocycles. The molecule has 0 N–H and O–H groups in total. The van der Waals surface area contributed by atoms with Gasteiger partial charge in [-0.15, -0.1) is 0 Å². The Bertz CT molecular complexity index is 712. The molecule has 6 heteroatoms. The van der Waals surface area contributed by atoms with Gasteiger partial charge in [0.15, 0.2) is 9.84 Å². The van der Waals surface area contributed by atoms with Crippen LogP contribution in [-0.2, 0) is 15.2 Å². The second-order valence-electron chi connectivity index (χ2n) is 4.24. The van der Waals surface area contributed by atoms with Gasteiger partial charge in [-0.3, -0.25) is 0 Å². The summed E-state index contributed by atoms with van der Waals surface area (Å²) in [6.07, 6.45) is 1.17. The Morgan fingerprint density at radius 3 is 2.30 bits per heavy atom. The number of hydrogen-bond acceptors (Lipinski definition) is 3. The van der Waals surface area contributed by atoms with E-state index in [0.717, 1.165) is 10.9 Å². The summed E-state index contributed by atoms with van der Waals surface area (Å²) in [5.41, 5.74) is 1.05. The first-order chi connectivity index (χ1) is 9.40. The van der Waals surface area contributed by atoms with Crippen LogP contribution in [0.4, 0.5) is 0 Å². The highest BCUT2D eigenvalue weighted by Gasteiger charge is 2.08. The number of alkyl halides is 1. The van der Waals surface area contributed by atoms with E-state index in [1.54, 1.807) is 18.2 Å². The van der Waals surface area contributed by atoms with Crippen LogP contribution >= 0.6 is 27.5 Å². The minimum Gasteiger partial charge on any atom is -0.456 e. The fourth-order valence-corrected chi connectivity index (χ4v) is 2.81. The molecule has 0 aliphatic carbocycles. The van der Waals surface area contributed by atoms with Gasteiger partial charge >= 0.3 is 0 Å². The molecule has 2 rings (SSSR count). The minimum absolute atomic E-state index is 0.255. The van der Waals surface area contributed by atoms with Crippen molar-refractivity contribution >= 4 is 37.4 Å². The molecule has 0 aliphatic rings. The van der Waals surface area contributed by atoms with Gasteiger partial charge in [-0.1, -0.05) is 33.6 Å². The zero-order valence-corrected chi connectivity index (χ0v) is 13.8. The van der Waals surface area contributed by atoms with E-state index in [9.17, 15) is 8.42 Å². The second kappa shape index (κ2) is 6.16. The molecular weight excluding hydrogens is 364 g/mol. The van der Waals surface area contributed by atoms with Crippen molar-refractivity contribution in [2.45, 2.75) is 10.2 Å². The van der Waals surface area contributed by atoms with E-state index in [1.165, 1.54) is 18.4 Å². The molecule has 20 heavy (non-hydrogen) atoms. The number of sulfone groups is 1. The van der Waals surface area contributed by atoms with Crippen molar-refractivity contribution in [3.8, 4) is 11.5 Å². The maximum atomic E-state index is 11.4. The Balaban J connectivity index is 2.22. The third-order valence-corrected chi connectivity index (χ3v) is 4.70. The Morgan fingerprint density at radius 2 is 1.80 bits per heavy atom. The van der Waals surface area contributed by atoms with Crippen LogP contribution in [0.5, 0.6) is 11.5 Å². The SMILES string of the molecule is CS(=O)(=O)c1ccc(Oc2ccc(CBr)cc2Cl)cc1. The van der Waals surface area contributed by atoms with Gasteiger partial charge in [0.1, 0.15) is 11.5 Å². The molecule has 2 aromatic rings. The lowest BCUT2D eigenvalue weighted by Gasteiger charge is -2.09. The largest absolute Gasteiger partial charge is 0.456 e. The molecule has 0 fully saturated rings. The van der Waals surface area contributed by atoms with Crippen molar-refractivity contribution in [1.82, 2.24) is 0 Å². The number of halogens is 2. The Morgan fingerprint density at radius 1 is 1.15 bits per heavy atom. The molecule has 0 bridgehead atoms. The molecule has 0 aliphatic heterocycles. The highest BCUT2D eigenvalue weighted by atomic mass is 79.9. The van der Waals surface area contributed by atoms with Gasteiger partial charge in [0.25, 0.3) is 0 Å². The van der Waals surface area contributed by atoms with Crippen molar-refractivity contribution in [3.63, 3.8) is 0 Å². The van der Waals surface area contributed by atoms with E-state index in [-0.39, 0.29) is 4.90 Å². The molecule has 0 radical (unpaired) electrons. The normalized spacial score (nSPS) is 11.3. The van der Waals surface area contributed by atoms with E-state index in [2.05, 4.69) is 15.9 Å². The summed E-state index contributed by atoms with van der Waals surface area (Å²) in [5.74, 6) is 1.06. The maximum absolute atomic E-state index is 11.4. The molecule has 0 amide bonds. The lowest BCUT2D eigenvalue weighted by molar-refractivity contribution is 0.482. The number of rotatable bonds is 4. The van der Waals surface area contributed by atoms with Crippen molar-refractivity contribution in [1.29, 1.82) is 0 Å². The molecule has 0 unspecified atom stereocenters. The molecule has 0 heterocycles. The molecule has 2 aromatic carbocycles. The van der Waals surface area contributed by atoms with Crippen LogP contribution in [0.2, 0.25) is 5.02 Å². The van der Waals surface area contributed by atoms with Gasteiger partial charge < -0.3 is 4.74 Å². The summed E-state index contributed by atoms with van der Waals surface area (Å²) >= 11 is 9.47. The van der Waals surface area contributed by atoms with E-state index >= 15 is 0 Å². The first-order valence-electron chi connectivity index (χ1n) is 5.72. The number of ether oxygens (including phenoxy) is 1. The second-order valence-corrected chi connectivity index (χ2v) is 7.23. The van der Waals surface area contributed by atoms with Crippen LogP contribution in [0.25, 0.3) is 0 Å². The third kappa shape index (κ3) is 3.75. The average Bonchev–Trinajstić information content (AvgIpc) is 2.40. The summed E-state index contributed by atoms with van der Waals surface area (Å²) in [6, 6.07) is 11.7. The monoisotopic (exact) mass is 374 g/mol. The van der Waals surface area contributed by atoms with Crippen LogP contribution in [0.1, 0.15) is 5.56 Å². The maximum Gasteiger partial charge on any atom is 0.175 e. The zero-order chi connectivity index (χ0) is 14.8. The number of benzene rings is 2. The van der Waals surface area contributed by atoms with Crippen LogP contribution in [-0.4, -0.2) is 14.7 Å². The lowest BCUT2D eigenvalue weighted by atomic mass is 10.2. The van der Waals surface area contributed by atoms with Crippen LogP contribution in [0, 0.1) is 0 Å². The summed E-state index contributed by atoms with van der Waals surface area (Å²) < 4.78 is 28.4. The molecule has 0 spiro atoms. The van der Waals surface area contributed by atoms with Gasteiger partial charge in [0.2, 0.25) is 0 Å². The van der Waals surface area contributed by atoms with Gasteiger partial charge in [-0.2, -0.15) is 0 Å². The fourth-order valence-electron chi connectivity index (χ4n) is 1.59. The topological polar surface area (TPSA) is 43.4 Å². The molecule has 0 aromatic heterocycles. The highest BCUT2D eigenvalue weighted by Crippen LogP contribution is 2.31. The van der Waals surface area contributed by atoms with Crippen molar-refractivity contribution in [3.05, 3.63) is 53.1 Å². The van der Waals surface area contributed by atoms with Crippen LogP contribution < -0.4 is 4.74 Å². The van der Waals surface area contributed by atoms with Gasteiger partial charge in [-0.25, -0.2) is 8.42 Å². The fraction of sp³-hybridized carbons (Fsp3) is 0.143. The lowest BCUT2D eigenvalue weighted by Crippen LogP contribution is -1.96. The Kier molecular flexibility index (Phi) is 4.73. The minimum atomic E-state index is -3.20. The van der Waals surface area contributed by atoms with Gasteiger partial charge in [0, 0.05) is 11.6 Å². The van der Waals surface area contributed by atoms with Crippen molar-refractivity contribution < 1.29 is 13.2 Å². The molecule has 3 nitrogen and oxygen atoms in total. The molecule has 0 atom stereocenters. The number of hydrogen-bond donors (Lipinski definition) is 0. The summed E-state index contributed by atoms with van der Waals surface area (Å²) in [7, 11) is -3.20. The molecule has 106 valence electrons. The first-order valence-corrected chi connectivity index (χ1v) is 9.11. The van der Waals surface area contributed by atoms with Crippen molar-refractivity contribution in [2.75, 3.05) is 6.26 Å². The smallest absolute Gasteiger partial charge is 0.175 e. The summed E-state index contributed by atoms with van der Waals surface area (Å²) in [5, 5.41) is 1.23. The standard InChI is InChI=1S/C14H12BrClO3S/c1-20(17,18)12-5-3-11(4-6-12)19-14-7-2-10(9-15)8-13(14)16/h2-8H,9H2,1H3. The molecule has 0 saturated heterocycles. The van der Waals surface area contributed by atoms with E-state index in [0.29, 0.717) is 16.5 Å². The third-order valence-electron chi connectivity index (χ3n) is 2.63. The van der Waals surface area contributed by atoms with E-state index < -0.39 is 9.84 Å². The first kappa shape index (κ1) is 15.4. The molecular formula is C14H12BrClO3S. The van der Waals surface area contributed by atoms with E-state index in [4.69, 9.17) is 16.3 Å². The average molecular weight is 376 g/mol. The summed E-state index contributed by atoms with van der Waals surface area (Å²) in [4.78, 5) is 0.255. The summed E-state index contributed by atoms with van der Waals surface area (Å²) in [6.45, 7) is 0. The Hall–Kier alpha value is -1.04. The van der Waals surface area contributed by atoms with Crippen molar-refractivity contribution in [2.24, 2.45) is 0 Å². The van der Waals surface area contributed by atoms with Crippen LogP contribution in [0.15, 0.2) is 47.4 Å². The van der Waals surface area contributed by atoms with E-state index in [1.807, 2.05) is 12.1 Å². The van der Waals surface area contributed by atoms with Gasteiger partial charge in [0.05, 0.1) is 9.92 Å². The van der Waals surface area contributed by atoms with Crippen LogP contribution in [0.3, 0.4) is 0 Å². The zero-order valence-electron chi connectivity index (χ0n) is 10.6. The Labute approximate surface area is 131 Å². The van der Waals surface area contributed by atoms with Gasteiger partial charge in [-0.05, 0) is 42.0 Å². The predicted octanol–water partition coefficient (Wildman–Crippen LogP) is 4.43. The predicted molar refractivity (Wildman–Crippen MR) is 83.7 cm³/mol. The quantitative estimate of drug-likeness (QED) is 0.742.